The zero-order chi connectivity index (χ0) is 14.6. The molecule has 1 amide bonds. The molecule has 0 fully saturated rings. The third-order valence-electron chi connectivity index (χ3n) is 2.85. The van der Waals surface area contributed by atoms with Crippen molar-refractivity contribution >= 4 is 5.91 Å². The lowest BCUT2D eigenvalue weighted by Crippen LogP contribution is -2.42. The maximum atomic E-state index is 13.5. The summed E-state index contributed by atoms with van der Waals surface area (Å²) in [5.74, 6) is -1.47. The molecular weight excluding hydrogens is 250 g/mol. The number of benzene rings is 1. The number of nitrogens with two attached hydrogens (primary N) is 1. The first-order chi connectivity index (χ1) is 8.82. The topological polar surface area (TPSA) is 55.1 Å². The normalized spacial score (nSPS) is 14.3. The highest BCUT2D eigenvalue weighted by molar-refractivity contribution is 5.81. The lowest BCUT2D eigenvalue weighted by molar-refractivity contribution is -0.123. The van der Waals surface area contributed by atoms with E-state index < -0.39 is 29.6 Å². The van der Waals surface area contributed by atoms with E-state index in [9.17, 15) is 13.6 Å². The molecule has 19 heavy (non-hydrogen) atoms. The Balaban J connectivity index is 2.74. The van der Waals surface area contributed by atoms with Crippen molar-refractivity contribution < 1.29 is 13.6 Å². The second kappa shape index (κ2) is 6.61. The fraction of sp³-hybridized carbons (Fsp3) is 0.500. The minimum atomic E-state index is -0.757. The maximum Gasteiger partial charge on any atom is 0.237 e. The highest BCUT2D eigenvalue weighted by Crippen LogP contribution is 2.20. The SMILES string of the molecule is CC(C)C[C@H](N)C(=O)NC(C)c1c(F)cccc1F. The van der Waals surface area contributed by atoms with E-state index in [0.29, 0.717) is 6.42 Å². The van der Waals surface area contributed by atoms with E-state index in [-0.39, 0.29) is 11.5 Å². The van der Waals surface area contributed by atoms with Crippen LogP contribution in [0.3, 0.4) is 0 Å². The number of carbonyl (C=O) groups excluding carboxylic acids is 1. The van der Waals surface area contributed by atoms with Gasteiger partial charge in [0.25, 0.3) is 0 Å². The monoisotopic (exact) mass is 270 g/mol. The molecule has 0 heterocycles. The Kier molecular flexibility index (Phi) is 5.42. The fourth-order valence-electron chi connectivity index (χ4n) is 1.93. The standard InChI is InChI=1S/C14H20F2N2O/c1-8(2)7-12(17)14(19)18-9(3)13-10(15)5-4-6-11(13)16/h4-6,8-9,12H,7,17H2,1-3H3,(H,18,19)/t9?,12-/m0/s1. The summed E-state index contributed by atoms with van der Waals surface area (Å²) in [5, 5.41) is 2.54. The molecule has 0 aliphatic carbocycles. The Morgan fingerprint density at radius 3 is 2.26 bits per heavy atom. The largest absolute Gasteiger partial charge is 0.348 e. The molecule has 1 aromatic rings. The number of nitrogens with one attached hydrogen (secondary N) is 1. The van der Waals surface area contributed by atoms with Crippen molar-refractivity contribution in [3.63, 3.8) is 0 Å². The number of hydrogen-bond donors (Lipinski definition) is 2. The first kappa shape index (κ1) is 15.6. The molecule has 1 rings (SSSR count). The first-order valence-corrected chi connectivity index (χ1v) is 6.32. The van der Waals surface area contributed by atoms with Gasteiger partial charge in [-0.25, -0.2) is 8.78 Å². The van der Waals surface area contributed by atoms with Crippen molar-refractivity contribution in [2.75, 3.05) is 0 Å². The van der Waals surface area contributed by atoms with Crippen LogP contribution in [0.2, 0.25) is 0 Å². The van der Waals surface area contributed by atoms with Gasteiger partial charge in [-0.3, -0.25) is 4.79 Å². The molecule has 0 saturated carbocycles. The minimum absolute atomic E-state index is 0.146. The Labute approximate surface area is 112 Å². The fourth-order valence-corrected chi connectivity index (χ4v) is 1.93. The summed E-state index contributed by atoms with van der Waals surface area (Å²) in [4.78, 5) is 11.8. The highest BCUT2D eigenvalue weighted by atomic mass is 19.1. The first-order valence-electron chi connectivity index (χ1n) is 6.32. The lowest BCUT2D eigenvalue weighted by Gasteiger charge is -2.19. The van der Waals surface area contributed by atoms with E-state index in [4.69, 9.17) is 5.73 Å². The molecule has 1 aromatic carbocycles. The van der Waals surface area contributed by atoms with Crippen molar-refractivity contribution in [1.82, 2.24) is 5.32 Å². The average Bonchev–Trinajstić information content (AvgIpc) is 2.27. The van der Waals surface area contributed by atoms with Crippen molar-refractivity contribution in [3.8, 4) is 0 Å². The molecule has 0 saturated heterocycles. The third kappa shape index (κ3) is 4.28. The minimum Gasteiger partial charge on any atom is -0.348 e. The molecule has 0 aliphatic rings. The van der Waals surface area contributed by atoms with Crippen LogP contribution in [0.25, 0.3) is 0 Å². The average molecular weight is 270 g/mol. The zero-order valence-corrected chi connectivity index (χ0v) is 11.4. The van der Waals surface area contributed by atoms with E-state index in [0.717, 1.165) is 12.1 Å². The highest BCUT2D eigenvalue weighted by Gasteiger charge is 2.21. The summed E-state index contributed by atoms with van der Waals surface area (Å²) in [6, 6.07) is 2.18. The summed E-state index contributed by atoms with van der Waals surface area (Å²) in [6.45, 7) is 5.43. The maximum absolute atomic E-state index is 13.5. The van der Waals surface area contributed by atoms with E-state index >= 15 is 0 Å². The molecule has 0 radical (unpaired) electrons. The molecule has 106 valence electrons. The van der Waals surface area contributed by atoms with Crippen molar-refractivity contribution in [2.24, 2.45) is 11.7 Å². The smallest absolute Gasteiger partial charge is 0.237 e. The van der Waals surface area contributed by atoms with Crippen LogP contribution in [0.5, 0.6) is 0 Å². The van der Waals surface area contributed by atoms with E-state index in [1.165, 1.54) is 13.0 Å². The van der Waals surface area contributed by atoms with Crippen molar-refractivity contribution in [1.29, 1.82) is 0 Å². The molecule has 0 aromatic heterocycles. The predicted octanol–water partition coefficient (Wildman–Crippen LogP) is 2.52. The number of hydrogen-bond acceptors (Lipinski definition) is 2. The van der Waals surface area contributed by atoms with Gasteiger partial charge in [0.1, 0.15) is 11.6 Å². The van der Waals surface area contributed by atoms with Gasteiger partial charge in [0.15, 0.2) is 0 Å². The van der Waals surface area contributed by atoms with Gasteiger partial charge in [0, 0.05) is 5.56 Å². The number of carbonyl (C=O) groups is 1. The van der Waals surface area contributed by atoms with Crippen LogP contribution in [0.1, 0.15) is 38.8 Å². The van der Waals surface area contributed by atoms with Crippen molar-refractivity contribution in [2.45, 2.75) is 39.3 Å². The lowest BCUT2D eigenvalue weighted by atomic mass is 10.0. The summed E-state index contributed by atoms with van der Waals surface area (Å²) in [7, 11) is 0. The van der Waals surface area contributed by atoms with Crippen LogP contribution in [0, 0.1) is 17.6 Å². The van der Waals surface area contributed by atoms with Gasteiger partial charge in [-0.05, 0) is 31.4 Å². The van der Waals surface area contributed by atoms with Crippen LogP contribution in [-0.2, 0) is 4.79 Å². The van der Waals surface area contributed by atoms with Crippen LogP contribution >= 0.6 is 0 Å². The molecule has 5 heteroatoms. The van der Waals surface area contributed by atoms with Crippen LogP contribution < -0.4 is 11.1 Å². The molecule has 3 nitrogen and oxygen atoms in total. The van der Waals surface area contributed by atoms with Gasteiger partial charge in [-0.1, -0.05) is 19.9 Å². The summed E-state index contributed by atoms with van der Waals surface area (Å²) in [5.41, 5.74) is 5.58. The van der Waals surface area contributed by atoms with Gasteiger partial charge in [0.2, 0.25) is 5.91 Å². The van der Waals surface area contributed by atoms with Gasteiger partial charge in [-0.15, -0.1) is 0 Å². The Morgan fingerprint density at radius 2 is 1.79 bits per heavy atom. The predicted molar refractivity (Wildman–Crippen MR) is 70.3 cm³/mol. The van der Waals surface area contributed by atoms with E-state index in [1.807, 2.05) is 13.8 Å². The summed E-state index contributed by atoms with van der Waals surface area (Å²) in [6.07, 6.45) is 0.526. The number of amides is 1. The molecule has 2 atom stereocenters. The second-order valence-electron chi connectivity index (χ2n) is 5.10. The van der Waals surface area contributed by atoms with Gasteiger partial charge < -0.3 is 11.1 Å². The summed E-state index contributed by atoms with van der Waals surface area (Å²) < 4.78 is 27.1. The van der Waals surface area contributed by atoms with E-state index in [2.05, 4.69) is 5.32 Å². The summed E-state index contributed by atoms with van der Waals surface area (Å²) >= 11 is 0. The Hall–Kier alpha value is -1.49. The number of rotatable bonds is 5. The molecule has 1 unspecified atom stereocenters. The van der Waals surface area contributed by atoms with Gasteiger partial charge in [0.05, 0.1) is 12.1 Å². The Bertz CT molecular complexity index is 429. The second-order valence-corrected chi connectivity index (χ2v) is 5.10. The van der Waals surface area contributed by atoms with E-state index in [1.54, 1.807) is 0 Å². The molecular formula is C14H20F2N2O. The van der Waals surface area contributed by atoms with Crippen LogP contribution in [0.4, 0.5) is 8.78 Å². The molecule has 0 spiro atoms. The van der Waals surface area contributed by atoms with Crippen molar-refractivity contribution in [3.05, 3.63) is 35.4 Å². The Morgan fingerprint density at radius 1 is 1.26 bits per heavy atom. The van der Waals surface area contributed by atoms with Crippen LogP contribution in [-0.4, -0.2) is 11.9 Å². The molecule has 0 bridgehead atoms. The molecule has 3 N–H and O–H groups in total. The van der Waals surface area contributed by atoms with Crippen LogP contribution in [0.15, 0.2) is 18.2 Å². The third-order valence-corrected chi connectivity index (χ3v) is 2.85. The molecule has 0 aliphatic heterocycles. The quantitative estimate of drug-likeness (QED) is 0.863. The van der Waals surface area contributed by atoms with Gasteiger partial charge in [-0.2, -0.15) is 0 Å². The zero-order valence-electron chi connectivity index (χ0n) is 11.4. The van der Waals surface area contributed by atoms with Gasteiger partial charge >= 0.3 is 0 Å². The number of halogens is 2.